The third-order valence-corrected chi connectivity index (χ3v) is 6.14. The van der Waals surface area contributed by atoms with Crippen LogP contribution in [0.1, 0.15) is 31.2 Å². The van der Waals surface area contributed by atoms with Gasteiger partial charge in [0.15, 0.2) is 0 Å². The van der Waals surface area contributed by atoms with Gasteiger partial charge in [-0.05, 0) is 54.5 Å². The maximum absolute atomic E-state index is 6.22. The second-order valence-electron chi connectivity index (χ2n) is 8.00. The van der Waals surface area contributed by atoms with E-state index in [9.17, 15) is 0 Å². The van der Waals surface area contributed by atoms with Crippen molar-refractivity contribution >= 4 is 0 Å². The zero-order chi connectivity index (χ0) is 18.5. The van der Waals surface area contributed by atoms with Gasteiger partial charge in [-0.1, -0.05) is 12.1 Å². The summed E-state index contributed by atoms with van der Waals surface area (Å²) in [5.41, 5.74) is 5.57. The van der Waals surface area contributed by atoms with Crippen molar-refractivity contribution in [1.29, 1.82) is 0 Å². The van der Waals surface area contributed by atoms with Gasteiger partial charge < -0.3 is 14.8 Å². The van der Waals surface area contributed by atoms with Gasteiger partial charge in [0.25, 0.3) is 0 Å². The highest BCUT2D eigenvalue weighted by Crippen LogP contribution is 2.39. The van der Waals surface area contributed by atoms with Crippen LogP contribution in [0.15, 0.2) is 42.7 Å². The molecule has 2 unspecified atom stereocenters. The molecular formula is C22H22N4O2. The fraction of sp³-hybridized carbons (Fsp3) is 0.364. The Morgan fingerprint density at radius 3 is 2.68 bits per heavy atom. The number of H-pyrrole nitrogens is 1. The van der Waals surface area contributed by atoms with Gasteiger partial charge in [0.1, 0.15) is 12.7 Å². The van der Waals surface area contributed by atoms with Gasteiger partial charge >= 0.3 is 0 Å². The fourth-order valence-electron chi connectivity index (χ4n) is 4.79. The van der Waals surface area contributed by atoms with Gasteiger partial charge in [-0.25, -0.2) is 0 Å². The maximum Gasteiger partial charge on any atom is 0.225 e. The number of pyridine rings is 1. The van der Waals surface area contributed by atoms with Crippen molar-refractivity contribution in [3.63, 3.8) is 0 Å². The predicted molar refractivity (Wildman–Crippen MR) is 105 cm³/mol. The minimum atomic E-state index is 0.248. The molecule has 2 aromatic heterocycles. The molecule has 2 N–H and O–H groups in total. The lowest BCUT2D eigenvalue weighted by molar-refractivity contribution is 0.130. The number of aromatic amines is 1. The second kappa shape index (κ2) is 6.34. The van der Waals surface area contributed by atoms with Crippen LogP contribution in [0, 0.1) is 0 Å². The molecule has 3 aliphatic heterocycles. The first-order valence-corrected chi connectivity index (χ1v) is 10.0. The van der Waals surface area contributed by atoms with E-state index in [1.807, 2.05) is 18.5 Å². The molecular weight excluding hydrogens is 352 g/mol. The van der Waals surface area contributed by atoms with E-state index in [2.05, 4.69) is 44.8 Å². The number of fused-ring (bicyclic) bond motifs is 5. The Labute approximate surface area is 163 Å². The Kier molecular flexibility index (Phi) is 3.65. The lowest BCUT2D eigenvalue weighted by Crippen LogP contribution is -2.42. The number of hydrogen-bond donors (Lipinski definition) is 2. The van der Waals surface area contributed by atoms with Crippen LogP contribution in [0.4, 0.5) is 0 Å². The van der Waals surface area contributed by atoms with Gasteiger partial charge in [0, 0.05) is 35.5 Å². The SMILES string of the molecule is c1cc2c(cc1-c1cn[nH]c1)COc1nc(OC3CC4CCC(C3)N4)ccc1-2. The smallest absolute Gasteiger partial charge is 0.225 e. The molecule has 2 fully saturated rings. The molecule has 28 heavy (non-hydrogen) atoms. The summed E-state index contributed by atoms with van der Waals surface area (Å²) in [6.07, 6.45) is 8.64. The summed E-state index contributed by atoms with van der Waals surface area (Å²) in [7, 11) is 0. The molecule has 0 spiro atoms. The topological polar surface area (TPSA) is 72.1 Å². The fourth-order valence-corrected chi connectivity index (χ4v) is 4.79. The number of hydrogen-bond acceptors (Lipinski definition) is 5. The van der Waals surface area contributed by atoms with Crippen LogP contribution in [0.5, 0.6) is 11.8 Å². The van der Waals surface area contributed by atoms with Crippen LogP contribution in [0.25, 0.3) is 22.3 Å². The Hall–Kier alpha value is -2.86. The van der Waals surface area contributed by atoms with E-state index in [1.165, 1.54) is 18.4 Å². The highest BCUT2D eigenvalue weighted by Gasteiger charge is 2.34. The average molecular weight is 374 g/mol. The number of piperidine rings is 1. The van der Waals surface area contributed by atoms with Crippen molar-refractivity contribution in [2.45, 2.75) is 50.5 Å². The predicted octanol–water partition coefficient (Wildman–Crippen LogP) is 3.69. The van der Waals surface area contributed by atoms with E-state index in [0.29, 0.717) is 30.5 Å². The van der Waals surface area contributed by atoms with E-state index in [4.69, 9.17) is 9.47 Å². The van der Waals surface area contributed by atoms with Gasteiger partial charge in [-0.2, -0.15) is 10.1 Å². The first-order valence-electron chi connectivity index (χ1n) is 10.0. The molecule has 6 nitrogen and oxygen atoms in total. The molecule has 6 rings (SSSR count). The van der Waals surface area contributed by atoms with Gasteiger partial charge in [-0.3, -0.25) is 5.10 Å². The van der Waals surface area contributed by atoms with Crippen molar-refractivity contribution in [1.82, 2.24) is 20.5 Å². The standard InChI is InChI=1S/C22H22N4O2/c1-4-19-14(7-13(1)15-10-23-24-11-15)12-27-22-20(19)5-6-21(26-22)28-18-8-16-2-3-17(9-18)25-16/h1,4-7,10-11,16-18,25H,2-3,8-9,12H2,(H,23,24). The minimum Gasteiger partial charge on any atom is -0.474 e. The van der Waals surface area contributed by atoms with Gasteiger partial charge in [0.2, 0.25) is 11.8 Å². The molecule has 0 saturated carbocycles. The highest BCUT2D eigenvalue weighted by atomic mass is 16.5. The molecule has 0 radical (unpaired) electrons. The molecule has 2 bridgehead atoms. The van der Waals surface area contributed by atoms with Crippen LogP contribution in [0.3, 0.4) is 0 Å². The average Bonchev–Trinajstić information content (AvgIpc) is 3.37. The Balaban J connectivity index is 1.26. The summed E-state index contributed by atoms with van der Waals surface area (Å²) >= 11 is 0. The van der Waals surface area contributed by atoms with Crippen molar-refractivity contribution in [3.8, 4) is 34.0 Å². The van der Waals surface area contributed by atoms with E-state index in [1.54, 1.807) is 0 Å². The van der Waals surface area contributed by atoms with E-state index >= 15 is 0 Å². The minimum absolute atomic E-state index is 0.248. The molecule has 6 heteroatoms. The summed E-state index contributed by atoms with van der Waals surface area (Å²) in [6, 6.07) is 11.7. The second-order valence-corrected chi connectivity index (χ2v) is 8.00. The molecule has 3 aliphatic rings. The molecule has 0 aliphatic carbocycles. The van der Waals surface area contributed by atoms with Crippen molar-refractivity contribution in [3.05, 3.63) is 48.3 Å². The maximum atomic E-state index is 6.22. The zero-order valence-corrected chi connectivity index (χ0v) is 15.5. The van der Waals surface area contributed by atoms with E-state index < -0.39 is 0 Å². The molecule has 2 atom stereocenters. The monoisotopic (exact) mass is 374 g/mol. The van der Waals surface area contributed by atoms with Crippen LogP contribution in [-0.4, -0.2) is 33.4 Å². The molecule has 1 aromatic carbocycles. The Bertz CT molecular complexity index is 1010. The number of benzene rings is 1. The van der Waals surface area contributed by atoms with Crippen LogP contribution in [-0.2, 0) is 6.61 Å². The van der Waals surface area contributed by atoms with Crippen LogP contribution in [0.2, 0.25) is 0 Å². The van der Waals surface area contributed by atoms with Crippen LogP contribution < -0.4 is 14.8 Å². The lowest BCUT2D eigenvalue weighted by atomic mass is 9.95. The third-order valence-electron chi connectivity index (χ3n) is 6.14. The van der Waals surface area contributed by atoms with Crippen molar-refractivity contribution < 1.29 is 9.47 Å². The summed E-state index contributed by atoms with van der Waals surface area (Å²) in [5, 5.41) is 10.5. The molecule has 3 aromatic rings. The van der Waals surface area contributed by atoms with Crippen LogP contribution >= 0.6 is 0 Å². The van der Waals surface area contributed by atoms with E-state index in [-0.39, 0.29) is 6.10 Å². The zero-order valence-electron chi connectivity index (χ0n) is 15.5. The van der Waals surface area contributed by atoms with E-state index in [0.717, 1.165) is 35.1 Å². The number of rotatable bonds is 3. The Morgan fingerprint density at radius 2 is 1.86 bits per heavy atom. The number of nitrogens with zero attached hydrogens (tertiary/aromatic N) is 2. The quantitative estimate of drug-likeness (QED) is 0.731. The molecule has 142 valence electrons. The molecule has 5 heterocycles. The number of nitrogens with one attached hydrogen (secondary N) is 2. The highest BCUT2D eigenvalue weighted by molar-refractivity contribution is 5.77. The summed E-state index contributed by atoms with van der Waals surface area (Å²) in [5.74, 6) is 1.33. The van der Waals surface area contributed by atoms with Crippen molar-refractivity contribution in [2.24, 2.45) is 0 Å². The summed E-state index contributed by atoms with van der Waals surface area (Å²) in [6.45, 7) is 0.516. The third kappa shape index (κ3) is 2.76. The van der Waals surface area contributed by atoms with Gasteiger partial charge in [-0.15, -0.1) is 0 Å². The normalized spacial score (nSPS) is 24.9. The lowest BCUT2D eigenvalue weighted by Gasteiger charge is -2.29. The summed E-state index contributed by atoms with van der Waals surface area (Å²) < 4.78 is 12.2. The first-order chi connectivity index (χ1) is 13.8. The number of ether oxygens (including phenoxy) is 2. The largest absolute Gasteiger partial charge is 0.474 e. The molecule has 2 saturated heterocycles. The summed E-state index contributed by atoms with van der Waals surface area (Å²) in [4.78, 5) is 4.67. The van der Waals surface area contributed by atoms with Crippen molar-refractivity contribution in [2.75, 3.05) is 0 Å². The molecule has 0 amide bonds. The number of aromatic nitrogens is 3. The van der Waals surface area contributed by atoms with Gasteiger partial charge in [0.05, 0.1) is 6.20 Å². The Morgan fingerprint density at radius 1 is 1.00 bits per heavy atom. The first kappa shape index (κ1) is 16.1.